The molecule has 0 aliphatic heterocycles. The number of hydrogen-bond donors (Lipinski definition) is 1. The average molecular weight is 339 g/mol. The molecular formula is C16H17BrClN. The van der Waals surface area contributed by atoms with Crippen LogP contribution in [0.15, 0.2) is 40.9 Å². The highest BCUT2D eigenvalue weighted by Gasteiger charge is 2.11. The summed E-state index contributed by atoms with van der Waals surface area (Å²) in [5.41, 5.74) is 4.91. The zero-order chi connectivity index (χ0) is 14.0. The number of rotatable bonds is 3. The highest BCUT2D eigenvalue weighted by molar-refractivity contribution is 9.10. The van der Waals surface area contributed by atoms with E-state index in [1.165, 1.54) is 16.7 Å². The Balaban J connectivity index is 2.25. The highest BCUT2D eigenvalue weighted by atomic mass is 79.9. The first-order valence-electron chi connectivity index (χ1n) is 6.26. The Labute approximate surface area is 128 Å². The molecule has 0 bridgehead atoms. The summed E-state index contributed by atoms with van der Waals surface area (Å²) in [6.45, 7) is 6.42. The number of hydrogen-bond acceptors (Lipinski definition) is 1. The summed E-state index contributed by atoms with van der Waals surface area (Å²) < 4.78 is 0.910. The van der Waals surface area contributed by atoms with Crippen molar-refractivity contribution in [1.29, 1.82) is 0 Å². The first-order valence-corrected chi connectivity index (χ1v) is 7.44. The minimum absolute atomic E-state index is 0.232. The summed E-state index contributed by atoms with van der Waals surface area (Å²) >= 11 is 9.63. The predicted molar refractivity (Wildman–Crippen MR) is 87.1 cm³/mol. The van der Waals surface area contributed by atoms with Gasteiger partial charge in [0.1, 0.15) is 0 Å². The Hall–Kier alpha value is -0.990. The molecule has 0 aliphatic rings. The third-order valence-corrected chi connectivity index (χ3v) is 4.61. The van der Waals surface area contributed by atoms with Crippen LogP contribution in [0.4, 0.5) is 5.69 Å². The molecule has 19 heavy (non-hydrogen) atoms. The average Bonchev–Trinajstić information content (AvgIpc) is 2.34. The number of nitrogens with one attached hydrogen (secondary N) is 1. The van der Waals surface area contributed by atoms with Gasteiger partial charge in [-0.1, -0.05) is 41.4 Å². The second-order valence-electron chi connectivity index (χ2n) is 4.83. The van der Waals surface area contributed by atoms with Gasteiger partial charge in [0, 0.05) is 6.04 Å². The molecule has 1 N–H and O–H groups in total. The minimum Gasteiger partial charge on any atom is -0.378 e. The van der Waals surface area contributed by atoms with E-state index in [0.29, 0.717) is 0 Å². The Morgan fingerprint density at radius 1 is 1.16 bits per heavy atom. The van der Waals surface area contributed by atoms with Gasteiger partial charge in [-0.15, -0.1) is 0 Å². The maximum atomic E-state index is 6.11. The van der Waals surface area contributed by atoms with Crippen LogP contribution in [0.3, 0.4) is 0 Å². The summed E-state index contributed by atoms with van der Waals surface area (Å²) in [7, 11) is 0. The van der Waals surface area contributed by atoms with Crippen LogP contribution in [-0.2, 0) is 0 Å². The highest BCUT2D eigenvalue weighted by Crippen LogP contribution is 2.32. The summed E-state index contributed by atoms with van der Waals surface area (Å²) in [6, 6.07) is 12.6. The van der Waals surface area contributed by atoms with E-state index in [1.54, 1.807) is 0 Å². The van der Waals surface area contributed by atoms with Crippen LogP contribution < -0.4 is 5.32 Å². The van der Waals surface area contributed by atoms with Crippen LogP contribution in [0.5, 0.6) is 0 Å². The fourth-order valence-electron chi connectivity index (χ4n) is 2.24. The van der Waals surface area contributed by atoms with Gasteiger partial charge in [-0.2, -0.15) is 0 Å². The van der Waals surface area contributed by atoms with E-state index in [1.807, 2.05) is 18.2 Å². The van der Waals surface area contributed by atoms with Gasteiger partial charge in [-0.3, -0.25) is 0 Å². The minimum atomic E-state index is 0.232. The SMILES string of the molecule is Cc1ccc(C(C)Nc2cccc(Cl)c2Br)c(C)c1. The van der Waals surface area contributed by atoms with Crippen LogP contribution in [0, 0.1) is 13.8 Å². The smallest absolute Gasteiger partial charge is 0.0593 e. The van der Waals surface area contributed by atoms with Gasteiger partial charge in [0.15, 0.2) is 0 Å². The molecule has 3 heteroatoms. The molecule has 0 heterocycles. The zero-order valence-corrected chi connectivity index (χ0v) is 13.6. The molecule has 0 fully saturated rings. The first-order chi connectivity index (χ1) is 8.99. The summed E-state index contributed by atoms with van der Waals surface area (Å²) in [6.07, 6.45) is 0. The number of aryl methyl sites for hydroxylation is 2. The van der Waals surface area contributed by atoms with Crippen LogP contribution in [0.25, 0.3) is 0 Å². The lowest BCUT2D eigenvalue weighted by atomic mass is 10.00. The van der Waals surface area contributed by atoms with Crippen molar-refractivity contribution in [3.8, 4) is 0 Å². The molecule has 0 spiro atoms. The molecule has 0 saturated heterocycles. The van der Waals surface area contributed by atoms with E-state index in [4.69, 9.17) is 11.6 Å². The predicted octanol–water partition coefficient (Wildman–Crippen LogP) is 5.89. The van der Waals surface area contributed by atoms with Crippen molar-refractivity contribution < 1.29 is 0 Å². The van der Waals surface area contributed by atoms with E-state index in [-0.39, 0.29) is 6.04 Å². The van der Waals surface area contributed by atoms with Crippen molar-refractivity contribution in [3.05, 3.63) is 62.6 Å². The van der Waals surface area contributed by atoms with E-state index in [9.17, 15) is 0 Å². The van der Waals surface area contributed by atoms with Crippen molar-refractivity contribution in [2.75, 3.05) is 5.32 Å². The first kappa shape index (κ1) is 14.4. The number of benzene rings is 2. The monoisotopic (exact) mass is 337 g/mol. The lowest BCUT2D eigenvalue weighted by Gasteiger charge is -2.19. The molecular weight excluding hydrogens is 322 g/mol. The molecule has 2 aromatic rings. The van der Waals surface area contributed by atoms with Crippen molar-refractivity contribution in [3.63, 3.8) is 0 Å². The van der Waals surface area contributed by atoms with Gasteiger partial charge in [0.2, 0.25) is 0 Å². The van der Waals surface area contributed by atoms with E-state index >= 15 is 0 Å². The lowest BCUT2D eigenvalue weighted by molar-refractivity contribution is 0.872. The van der Waals surface area contributed by atoms with Crippen molar-refractivity contribution in [2.24, 2.45) is 0 Å². The van der Waals surface area contributed by atoms with Gasteiger partial charge in [-0.05, 0) is 60.0 Å². The second-order valence-corrected chi connectivity index (χ2v) is 6.03. The Morgan fingerprint density at radius 3 is 2.58 bits per heavy atom. The fourth-order valence-corrected chi connectivity index (χ4v) is 2.79. The maximum Gasteiger partial charge on any atom is 0.0593 e. The molecule has 1 nitrogen and oxygen atoms in total. The molecule has 1 unspecified atom stereocenters. The molecule has 0 amide bonds. The number of halogens is 2. The van der Waals surface area contributed by atoms with Crippen LogP contribution in [0.1, 0.15) is 29.7 Å². The molecule has 2 rings (SSSR count). The molecule has 0 saturated carbocycles. The van der Waals surface area contributed by atoms with Crippen molar-refractivity contribution in [1.82, 2.24) is 0 Å². The Kier molecular flexibility index (Phi) is 4.54. The van der Waals surface area contributed by atoms with Crippen LogP contribution in [0.2, 0.25) is 5.02 Å². The summed E-state index contributed by atoms with van der Waals surface area (Å²) in [4.78, 5) is 0. The number of anilines is 1. The molecule has 1 atom stereocenters. The third kappa shape index (κ3) is 3.31. The van der Waals surface area contributed by atoms with Gasteiger partial charge >= 0.3 is 0 Å². The van der Waals surface area contributed by atoms with Crippen molar-refractivity contribution >= 4 is 33.2 Å². The van der Waals surface area contributed by atoms with E-state index in [2.05, 4.69) is 60.2 Å². The Bertz CT molecular complexity index is 595. The normalized spacial score (nSPS) is 12.3. The molecule has 100 valence electrons. The van der Waals surface area contributed by atoms with Crippen molar-refractivity contribution in [2.45, 2.75) is 26.8 Å². The third-order valence-electron chi connectivity index (χ3n) is 3.22. The largest absolute Gasteiger partial charge is 0.378 e. The van der Waals surface area contributed by atoms with Crippen LogP contribution in [-0.4, -0.2) is 0 Å². The van der Waals surface area contributed by atoms with Gasteiger partial charge in [0.25, 0.3) is 0 Å². The lowest BCUT2D eigenvalue weighted by Crippen LogP contribution is -2.08. The van der Waals surface area contributed by atoms with Gasteiger partial charge in [0.05, 0.1) is 15.2 Å². The van der Waals surface area contributed by atoms with E-state index < -0.39 is 0 Å². The van der Waals surface area contributed by atoms with Gasteiger partial charge < -0.3 is 5.32 Å². The van der Waals surface area contributed by atoms with Gasteiger partial charge in [-0.25, -0.2) is 0 Å². The standard InChI is InChI=1S/C16H17BrClN/c1-10-7-8-13(11(2)9-10)12(3)19-15-6-4-5-14(18)16(15)17/h4-9,12,19H,1-3H3. The van der Waals surface area contributed by atoms with Crippen LogP contribution >= 0.6 is 27.5 Å². The summed E-state index contributed by atoms with van der Waals surface area (Å²) in [5, 5.41) is 4.22. The Morgan fingerprint density at radius 2 is 1.89 bits per heavy atom. The molecule has 2 aromatic carbocycles. The molecule has 0 aliphatic carbocycles. The summed E-state index contributed by atoms with van der Waals surface area (Å²) in [5.74, 6) is 0. The molecule has 0 radical (unpaired) electrons. The molecule has 0 aromatic heterocycles. The van der Waals surface area contributed by atoms with E-state index in [0.717, 1.165) is 15.2 Å². The second kappa shape index (κ2) is 5.98. The zero-order valence-electron chi connectivity index (χ0n) is 11.3. The quantitative estimate of drug-likeness (QED) is 0.735. The fraction of sp³-hybridized carbons (Fsp3) is 0.250. The maximum absolute atomic E-state index is 6.11. The topological polar surface area (TPSA) is 12.0 Å².